The Morgan fingerprint density at radius 2 is 2.19 bits per heavy atom. The summed E-state index contributed by atoms with van der Waals surface area (Å²) in [5, 5.41) is 11.9. The maximum atomic E-state index is 11.7. The highest BCUT2D eigenvalue weighted by Gasteiger charge is 2.26. The number of nitrogens with one attached hydrogen (secondary N) is 2. The van der Waals surface area contributed by atoms with E-state index in [1.165, 1.54) is 6.92 Å². The maximum Gasteiger partial charge on any atom is 0.221 e. The third-order valence-corrected chi connectivity index (χ3v) is 4.33. The number of nitrogens with zero attached hydrogens (tertiary/aromatic N) is 3. The molecule has 1 heterocycles. The largest absolute Gasteiger partial charge is 0.392 e. The normalized spacial score (nSPS) is 15.6. The van der Waals surface area contributed by atoms with Crippen LogP contribution < -0.4 is 10.5 Å². The minimum Gasteiger partial charge on any atom is -0.392 e. The van der Waals surface area contributed by atoms with Crippen LogP contribution in [0.1, 0.15) is 25.7 Å². The molecule has 0 aliphatic rings. The van der Waals surface area contributed by atoms with Crippen LogP contribution in [0, 0.1) is 0 Å². The van der Waals surface area contributed by atoms with Crippen molar-refractivity contribution < 1.29 is 8.42 Å². The first-order valence-corrected chi connectivity index (χ1v) is 6.34. The summed E-state index contributed by atoms with van der Waals surface area (Å²) in [5.41, 5.74) is 5.28. The van der Waals surface area contributed by atoms with Crippen molar-refractivity contribution in [2.45, 2.75) is 25.1 Å². The molecule has 4 N–H and O–H groups in total. The van der Waals surface area contributed by atoms with Crippen LogP contribution in [0.5, 0.6) is 0 Å². The second-order valence-corrected chi connectivity index (χ2v) is 5.70. The van der Waals surface area contributed by atoms with Crippen molar-refractivity contribution in [2.24, 2.45) is 5.73 Å². The van der Waals surface area contributed by atoms with Crippen LogP contribution in [0.4, 0.5) is 0 Å². The van der Waals surface area contributed by atoms with E-state index in [0.717, 1.165) is 0 Å². The molecule has 0 aromatic carbocycles. The monoisotopic (exact) mass is 264 g/mol. The van der Waals surface area contributed by atoms with Gasteiger partial charge in [-0.3, -0.25) is 0 Å². The average Bonchev–Trinajstić information content (AvgIpc) is 2.68. The van der Waals surface area contributed by atoms with Gasteiger partial charge in [-0.25, -0.2) is 13.1 Å². The van der Waals surface area contributed by atoms with E-state index >= 15 is 0 Å². The molecule has 2 unspecified atom stereocenters. The van der Waals surface area contributed by atoms with Gasteiger partial charge in [-0.05, 0) is 13.8 Å². The minimum atomic E-state index is -3.62. The van der Waals surface area contributed by atoms with E-state index in [4.69, 9.17) is 5.73 Å². The van der Waals surface area contributed by atoms with Crippen LogP contribution in [-0.4, -0.2) is 39.3 Å². The van der Waals surface area contributed by atoms with E-state index in [1.807, 2.05) is 0 Å². The Kier molecular flexibility index (Phi) is 3.88. The predicted octanol–water partition coefficient (Wildman–Crippen LogP) is -1.15. The van der Waals surface area contributed by atoms with Crippen molar-refractivity contribution in [3.8, 4) is 0 Å². The Morgan fingerprint density at radius 3 is 2.62 bits per heavy atom. The van der Waals surface area contributed by atoms with Crippen molar-refractivity contribution in [1.29, 1.82) is 0 Å². The Bertz CT molecular complexity index is 455. The van der Waals surface area contributed by atoms with Crippen LogP contribution in [0.15, 0.2) is 0 Å². The number of thiocarbonyl (C=S) groups is 1. The van der Waals surface area contributed by atoms with Crippen molar-refractivity contribution in [2.75, 3.05) is 0 Å². The second-order valence-electron chi connectivity index (χ2n) is 3.20. The molecule has 0 fully saturated rings. The van der Waals surface area contributed by atoms with Crippen molar-refractivity contribution in [1.82, 2.24) is 25.3 Å². The van der Waals surface area contributed by atoms with Gasteiger partial charge in [-0.15, -0.1) is 10.2 Å². The number of aromatic amines is 1. The molecule has 0 spiro atoms. The number of H-pyrrole nitrogens is 1. The topological polar surface area (TPSA) is 127 Å². The molecule has 8 nitrogen and oxygen atoms in total. The summed E-state index contributed by atoms with van der Waals surface area (Å²) >= 11 is 4.63. The summed E-state index contributed by atoms with van der Waals surface area (Å²) in [6.45, 7) is 3.00. The van der Waals surface area contributed by atoms with Crippen molar-refractivity contribution >= 4 is 27.2 Å². The summed E-state index contributed by atoms with van der Waals surface area (Å²) in [5.74, 6) is 0.249. The number of aromatic nitrogens is 4. The molecule has 1 aromatic heterocycles. The van der Waals surface area contributed by atoms with Crippen molar-refractivity contribution in [3.05, 3.63) is 5.82 Å². The molecule has 0 amide bonds. The highest BCUT2D eigenvalue weighted by Crippen LogP contribution is 2.08. The summed E-state index contributed by atoms with van der Waals surface area (Å²) in [6.07, 6.45) is 0. The molecule has 0 saturated heterocycles. The quantitative estimate of drug-likeness (QED) is 0.573. The van der Waals surface area contributed by atoms with E-state index in [2.05, 4.69) is 37.6 Å². The number of nitrogens with two attached hydrogens (primary N) is 1. The zero-order valence-electron chi connectivity index (χ0n) is 8.71. The zero-order valence-corrected chi connectivity index (χ0v) is 10.3. The third-order valence-electron chi connectivity index (χ3n) is 1.96. The van der Waals surface area contributed by atoms with E-state index in [-0.39, 0.29) is 10.8 Å². The molecular weight excluding hydrogens is 252 g/mol. The molecule has 0 saturated carbocycles. The van der Waals surface area contributed by atoms with Gasteiger partial charge < -0.3 is 5.73 Å². The second kappa shape index (κ2) is 4.80. The van der Waals surface area contributed by atoms with E-state index in [0.29, 0.717) is 0 Å². The van der Waals surface area contributed by atoms with E-state index in [1.54, 1.807) is 6.92 Å². The standard InChI is InChI=1S/C6H12N6O2S2/c1-3(6-8-11-12-9-6)10-16(13,14)4(2)5(7)15/h3-4,10H,1-2H3,(H2,7,15)(H,8,9,11,12). The summed E-state index contributed by atoms with van der Waals surface area (Å²) in [7, 11) is -3.62. The summed E-state index contributed by atoms with van der Waals surface area (Å²) in [6, 6.07) is -0.597. The third kappa shape index (κ3) is 2.93. The lowest BCUT2D eigenvalue weighted by atomic mass is 10.4. The molecule has 0 aliphatic heterocycles. The first kappa shape index (κ1) is 12.9. The van der Waals surface area contributed by atoms with Gasteiger partial charge in [0, 0.05) is 0 Å². The molecule has 90 valence electrons. The molecule has 0 bridgehead atoms. The van der Waals surface area contributed by atoms with Gasteiger partial charge in [0.15, 0.2) is 5.82 Å². The van der Waals surface area contributed by atoms with Gasteiger partial charge >= 0.3 is 0 Å². The minimum absolute atomic E-state index is 0.0900. The van der Waals surface area contributed by atoms with Crippen LogP contribution in [0.2, 0.25) is 0 Å². The Morgan fingerprint density at radius 1 is 1.56 bits per heavy atom. The van der Waals surface area contributed by atoms with Crippen LogP contribution in [-0.2, 0) is 10.0 Å². The Balaban J connectivity index is 2.78. The highest BCUT2D eigenvalue weighted by atomic mass is 32.2. The van der Waals surface area contributed by atoms with Gasteiger partial charge in [0.2, 0.25) is 10.0 Å². The number of rotatable bonds is 5. The lowest BCUT2D eigenvalue weighted by molar-refractivity contribution is 0.557. The summed E-state index contributed by atoms with van der Waals surface area (Å²) in [4.78, 5) is -0.0900. The number of hydrogen-bond donors (Lipinski definition) is 3. The predicted molar refractivity (Wildman–Crippen MR) is 60.9 cm³/mol. The van der Waals surface area contributed by atoms with Crippen LogP contribution >= 0.6 is 12.2 Å². The summed E-state index contributed by atoms with van der Waals surface area (Å²) < 4.78 is 25.8. The highest BCUT2D eigenvalue weighted by molar-refractivity contribution is 7.93. The van der Waals surface area contributed by atoms with Gasteiger partial charge in [0.25, 0.3) is 0 Å². The lowest BCUT2D eigenvalue weighted by Crippen LogP contribution is -2.41. The molecule has 0 radical (unpaired) electrons. The molecule has 0 aliphatic carbocycles. The maximum absolute atomic E-state index is 11.7. The van der Waals surface area contributed by atoms with Crippen LogP contribution in [0.25, 0.3) is 0 Å². The van der Waals surface area contributed by atoms with Gasteiger partial charge in [-0.1, -0.05) is 17.4 Å². The smallest absolute Gasteiger partial charge is 0.221 e. The lowest BCUT2D eigenvalue weighted by Gasteiger charge is -2.15. The average molecular weight is 264 g/mol. The number of hydrogen-bond acceptors (Lipinski definition) is 6. The molecule has 16 heavy (non-hydrogen) atoms. The van der Waals surface area contributed by atoms with Crippen molar-refractivity contribution in [3.63, 3.8) is 0 Å². The Hall–Kier alpha value is -1.13. The fraction of sp³-hybridized carbons (Fsp3) is 0.667. The van der Waals surface area contributed by atoms with Gasteiger partial charge in [-0.2, -0.15) is 5.21 Å². The van der Waals surface area contributed by atoms with Crippen LogP contribution in [0.3, 0.4) is 0 Å². The van der Waals surface area contributed by atoms with Gasteiger partial charge in [0.05, 0.1) is 11.0 Å². The molecular formula is C6H12N6O2S2. The van der Waals surface area contributed by atoms with Gasteiger partial charge in [0.1, 0.15) is 5.25 Å². The molecule has 1 rings (SSSR count). The number of sulfonamides is 1. The first-order chi connectivity index (χ1) is 7.34. The Labute approximate surface area is 98.0 Å². The van der Waals surface area contributed by atoms with E-state index < -0.39 is 21.3 Å². The molecule has 1 aromatic rings. The van der Waals surface area contributed by atoms with E-state index in [9.17, 15) is 8.42 Å². The molecule has 10 heteroatoms. The molecule has 2 atom stereocenters. The fourth-order valence-corrected chi connectivity index (χ4v) is 2.40. The first-order valence-electron chi connectivity index (χ1n) is 4.38. The zero-order chi connectivity index (χ0) is 12.3. The fourth-order valence-electron chi connectivity index (χ4n) is 0.907. The number of tetrazole rings is 1. The SMILES string of the molecule is CC(NS(=O)(=O)C(C)C(N)=S)c1nn[nH]n1.